The molecule has 1 aromatic carbocycles. The van der Waals surface area contributed by atoms with Crippen molar-refractivity contribution in [3.63, 3.8) is 0 Å². The fourth-order valence-corrected chi connectivity index (χ4v) is 3.57. The van der Waals surface area contributed by atoms with Crippen LogP contribution in [0, 0.1) is 5.82 Å². The van der Waals surface area contributed by atoms with Crippen LogP contribution in [0.5, 0.6) is 0 Å². The summed E-state index contributed by atoms with van der Waals surface area (Å²) in [7, 11) is 1.56. The number of carbonyl (C=O) groups excluding carboxylic acids is 2. The van der Waals surface area contributed by atoms with Gasteiger partial charge in [-0.25, -0.2) is 14.4 Å². The molecule has 0 fully saturated rings. The lowest BCUT2D eigenvalue weighted by Gasteiger charge is -2.21. The van der Waals surface area contributed by atoms with E-state index >= 15 is 0 Å². The van der Waals surface area contributed by atoms with Gasteiger partial charge in [0.1, 0.15) is 10.7 Å². The van der Waals surface area contributed by atoms with Crippen LogP contribution in [0.1, 0.15) is 21.7 Å². The largest absolute Gasteiger partial charge is 0.358 e. The Morgan fingerprint density at radius 1 is 1.27 bits per heavy atom. The first kappa shape index (κ1) is 21.4. The highest BCUT2D eigenvalue weighted by Gasteiger charge is 2.18. The van der Waals surface area contributed by atoms with Crippen molar-refractivity contribution in [2.24, 2.45) is 0 Å². The minimum atomic E-state index is -0.321. The number of nitrogens with zero attached hydrogens (tertiary/aromatic N) is 4. The molecule has 0 atom stereocenters. The number of halogens is 1. The molecule has 2 N–H and O–H groups in total. The molecule has 0 aliphatic heterocycles. The molecular weight excluding hydrogens is 407 g/mol. The molecule has 2 amide bonds. The van der Waals surface area contributed by atoms with Crippen molar-refractivity contribution in [3.8, 4) is 0 Å². The molecule has 30 heavy (non-hydrogen) atoms. The van der Waals surface area contributed by atoms with E-state index in [9.17, 15) is 14.0 Å². The van der Waals surface area contributed by atoms with Crippen LogP contribution in [-0.2, 0) is 17.9 Å². The van der Waals surface area contributed by atoms with Gasteiger partial charge in [0, 0.05) is 39.1 Å². The SMILES string of the molecule is CNC(=O)CN(Cc1ccc(F)cc1)c1ncc(C(=O)NCCCn2ccnc2)s1. The highest BCUT2D eigenvalue weighted by Crippen LogP contribution is 2.24. The first-order chi connectivity index (χ1) is 14.5. The number of benzene rings is 1. The van der Waals surface area contributed by atoms with E-state index in [0.29, 0.717) is 23.1 Å². The molecular formula is C20H23FN6O2S. The maximum atomic E-state index is 13.2. The molecule has 8 nitrogen and oxygen atoms in total. The zero-order valence-corrected chi connectivity index (χ0v) is 17.4. The highest BCUT2D eigenvalue weighted by molar-refractivity contribution is 7.17. The number of amides is 2. The number of thiazole rings is 1. The fourth-order valence-electron chi connectivity index (χ4n) is 2.74. The molecule has 0 bridgehead atoms. The highest BCUT2D eigenvalue weighted by atomic mass is 32.1. The second-order valence-electron chi connectivity index (χ2n) is 6.57. The molecule has 0 aliphatic carbocycles. The molecule has 0 unspecified atom stereocenters. The van der Waals surface area contributed by atoms with Crippen LogP contribution in [0.4, 0.5) is 9.52 Å². The number of aromatic nitrogens is 3. The van der Waals surface area contributed by atoms with Gasteiger partial charge in [-0.3, -0.25) is 9.59 Å². The summed E-state index contributed by atoms with van der Waals surface area (Å²) >= 11 is 1.21. The van der Waals surface area contributed by atoms with Crippen LogP contribution in [-0.4, -0.2) is 46.5 Å². The molecule has 0 saturated heterocycles. The van der Waals surface area contributed by atoms with Gasteiger partial charge >= 0.3 is 0 Å². The molecule has 10 heteroatoms. The van der Waals surface area contributed by atoms with Crippen LogP contribution in [0.2, 0.25) is 0 Å². The second-order valence-corrected chi connectivity index (χ2v) is 7.58. The quantitative estimate of drug-likeness (QED) is 0.481. The fraction of sp³-hybridized carbons (Fsp3) is 0.300. The van der Waals surface area contributed by atoms with E-state index in [1.54, 1.807) is 36.6 Å². The van der Waals surface area contributed by atoms with Crippen LogP contribution in [0.25, 0.3) is 0 Å². The van der Waals surface area contributed by atoms with Crippen molar-refractivity contribution in [2.45, 2.75) is 19.5 Å². The molecule has 158 valence electrons. The van der Waals surface area contributed by atoms with Crippen molar-refractivity contribution in [1.29, 1.82) is 0 Å². The van der Waals surface area contributed by atoms with Gasteiger partial charge in [-0.2, -0.15) is 0 Å². The summed E-state index contributed by atoms with van der Waals surface area (Å²) in [4.78, 5) is 34.9. The molecule has 0 radical (unpaired) electrons. The third kappa shape index (κ3) is 6.11. The number of anilines is 1. The Kier molecular flexibility index (Phi) is 7.50. The van der Waals surface area contributed by atoms with Crippen molar-refractivity contribution in [2.75, 3.05) is 25.0 Å². The first-order valence-electron chi connectivity index (χ1n) is 9.45. The summed E-state index contributed by atoms with van der Waals surface area (Å²) in [6.07, 6.45) is 7.61. The standard InChI is InChI=1S/C20H23FN6O2S/c1-22-18(28)13-27(12-15-3-5-16(21)6-4-15)20-25-11-17(30-20)19(29)24-7-2-9-26-10-8-23-14-26/h3-6,8,10-11,14H,2,7,9,12-13H2,1H3,(H,22,28)(H,24,29). The van der Waals surface area contributed by atoms with Gasteiger partial charge in [0.05, 0.1) is 19.1 Å². The molecule has 0 spiro atoms. The first-order valence-corrected chi connectivity index (χ1v) is 10.3. The molecule has 2 aromatic heterocycles. The Balaban J connectivity index is 1.60. The smallest absolute Gasteiger partial charge is 0.263 e. The van der Waals surface area contributed by atoms with E-state index in [1.807, 2.05) is 10.8 Å². The van der Waals surface area contributed by atoms with E-state index in [0.717, 1.165) is 18.5 Å². The third-order valence-electron chi connectivity index (χ3n) is 4.33. The Labute approximate surface area is 177 Å². The number of hydrogen-bond donors (Lipinski definition) is 2. The summed E-state index contributed by atoms with van der Waals surface area (Å²) in [5.74, 6) is -0.707. The van der Waals surface area contributed by atoms with Crippen LogP contribution in [0.3, 0.4) is 0 Å². The molecule has 3 aromatic rings. The zero-order valence-electron chi connectivity index (χ0n) is 16.5. The number of hydrogen-bond acceptors (Lipinski definition) is 6. The van der Waals surface area contributed by atoms with Crippen LogP contribution >= 0.6 is 11.3 Å². The van der Waals surface area contributed by atoms with E-state index in [1.165, 1.54) is 29.7 Å². The van der Waals surface area contributed by atoms with Crippen molar-refractivity contribution >= 4 is 28.3 Å². The summed E-state index contributed by atoms with van der Waals surface area (Å²) in [5, 5.41) is 6.01. The number of carbonyl (C=O) groups is 2. The summed E-state index contributed by atoms with van der Waals surface area (Å²) in [6.45, 7) is 1.74. The van der Waals surface area contributed by atoms with Gasteiger partial charge in [-0.15, -0.1) is 0 Å². The Morgan fingerprint density at radius 2 is 2.07 bits per heavy atom. The maximum Gasteiger partial charge on any atom is 0.263 e. The zero-order chi connectivity index (χ0) is 21.3. The number of aryl methyl sites for hydroxylation is 1. The van der Waals surface area contributed by atoms with Gasteiger partial charge in [0.15, 0.2) is 5.13 Å². The lowest BCUT2D eigenvalue weighted by atomic mass is 10.2. The topological polar surface area (TPSA) is 92.1 Å². The molecule has 2 heterocycles. The normalized spacial score (nSPS) is 10.6. The molecule has 3 rings (SSSR count). The van der Waals surface area contributed by atoms with E-state index in [2.05, 4.69) is 20.6 Å². The number of likely N-dealkylation sites (N-methyl/N-ethyl adjacent to an activating group) is 1. The monoisotopic (exact) mass is 430 g/mol. The second kappa shape index (κ2) is 10.5. The molecule has 0 saturated carbocycles. The minimum absolute atomic E-state index is 0.0767. The summed E-state index contributed by atoms with van der Waals surface area (Å²) in [6, 6.07) is 6.07. The van der Waals surface area contributed by atoms with Crippen LogP contribution < -0.4 is 15.5 Å². The van der Waals surface area contributed by atoms with E-state index < -0.39 is 0 Å². The van der Waals surface area contributed by atoms with Crippen molar-refractivity contribution in [3.05, 3.63) is 65.4 Å². The maximum absolute atomic E-state index is 13.2. The lowest BCUT2D eigenvalue weighted by molar-refractivity contribution is -0.119. The number of nitrogens with one attached hydrogen (secondary N) is 2. The Bertz CT molecular complexity index is 958. The van der Waals surface area contributed by atoms with Crippen molar-refractivity contribution < 1.29 is 14.0 Å². The summed E-state index contributed by atoms with van der Waals surface area (Å²) in [5.41, 5.74) is 0.834. The van der Waals surface area contributed by atoms with Gasteiger partial charge in [-0.1, -0.05) is 23.5 Å². The predicted octanol–water partition coefficient (Wildman–Crippen LogP) is 2.05. The third-order valence-corrected chi connectivity index (χ3v) is 5.38. The lowest BCUT2D eigenvalue weighted by Crippen LogP contribution is -2.35. The molecule has 0 aliphatic rings. The average Bonchev–Trinajstić information content (AvgIpc) is 3.44. The van der Waals surface area contributed by atoms with Gasteiger partial charge in [-0.05, 0) is 24.1 Å². The van der Waals surface area contributed by atoms with Crippen molar-refractivity contribution in [1.82, 2.24) is 25.2 Å². The van der Waals surface area contributed by atoms with Crippen LogP contribution in [0.15, 0.2) is 49.2 Å². The number of rotatable bonds is 10. The summed E-state index contributed by atoms with van der Waals surface area (Å²) < 4.78 is 15.1. The average molecular weight is 431 g/mol. The predicted molar refractivity (Wildman–Crippen MR) is 113 cm³/mol. The Morgan fingerprint density at radius 3 is 2.77 bits per heavy atom. The number of imidazole rings is 1. The van der Waals surface area contributed by atoms with Gasteiger partial charge < -0.3 is 20.1 Å². The van der Waals surface area contributed by atoms with Gasteiger partial charge in [0.2, 0.25) is 5.91 Å². The van der Waals surface area contributed by atoms with E-state index in [4.69, 9.17) is 0 Å². The van der Waals surface area contributed by atoms with Gasteiger partial charge in [0.25, 0.3) is 5.91 Å². The van der Waals surface area contributed by atoms with E-state index in [-0.39, 0.29) is 24.2 Å². The minimum Gasteiger partial charge on any atom is -0.358 e. The Hall–Kier alpha value is -3.27.